The molecule has 10 heteroatoms. The number of methoxy groups -OCH3 is 1. The number of hydrogen-bond acceptors (Lipinski definition) is 5. The first kappa shape index (κ1) is 30.6. The molecule has 0 unspecified atom stereocenters. The molecule has 0 aromatic heterocycles. The van der Waals surface area contributed by atoms with Gasteiger partial charge >= 0.3 is 0 Å². The molecule has 40 heavy (non-hydrogen) atoms. The predicted molar refractivity (Wildman–Crippen MR) is 153 cm³/mol. The van der Waals surface area contributed by atoms with Gasteiger partial charge in [0.1, 0.15) is 24.2 Å². The van der Waals surface area contributed by atoms with Crippen molar-refractivity contribution >= 4 is 27.5 Å². The molecule has 3 rings (SSSR count). The second kappa shape index (κ2) is 13.4. The maximum Gasteiger partial charge on any atom is 0.264 e. The van der Waals surface area contributed by atoms with Crippen molar-refractivity contribution in [2.24, 2.45) is 0 Å². The molecule has 0 fully saturated rings. The number of aryl methyl sites for hydroxylation is 1. The van der Waals surface area contributed by atoms with Gasteiger partial charge in [0.05, 0.1) is 17.7 Å². The average Bonchev–Trinajstić information content (AvgIpc) is 2.95. The van der Waals surface area contributed by atoms with Gasteiger partial charge in [-0.25, -0.2) is 12.8 Å². The number of carbonyl (C=O) groups is 2. The zero-order valence-electron chi connectivity index (χ0n) is 23.4. The first-order valence-electron chi connectivity index (χ1n) is 13.0. The Morgan fingerprint density at radius 3 is 2.10 bits per heavy atom. The van der Waals surface area contributed by atoms with Crippen molar-refractivity contribution < 1.29 is 27.1 Å². The number of halogens is 1. The normalized spacial score (nSPS) is 12.8. The molecule has 3 aromatic rings. The van der Waals surface area contributed by atoms with Gasteiger partial charge in [-0.15, -0.1) is 0 Å². The number of nitrogens with one attached hydrogen (secondary N) is 1. The Balaban J connectivity index is 2.01. The van der Waals surface area contributed by atoms with Crippen LogP contribution in [0.5, 0.6) is 5.75 Å². The fourth-order valence-corrected chi connectivity index (χ4v) is 5.36. The summed E-state index contributed by atoms with van der Waals surface area (Å²) in [5, 5.41) is 2.90. The average molecular weight is 570 g/mol. The second-order valence-electron chi connectivity index (χ2n) is 9.66. The smallest absolute Gasteiger partial charge is 0.264 e. The molecule has 0 aliphatic heterocycles. The van der Waals surface area contributed by atoms with Crippen molar-refractivity contribution in [1.29, 1.82) is 0 Å². The monoisotopic (exact) mass is 569 g/mol. The number of sulfonamides is 1. The van der Waals surface area contributed by atoms with Gasteiger partial charge in [-0.2, -0.15) is 0 Å². The summed E-state index contributed by atoms with van der Waals surface area (Å²) >= 11 is 0. The number of rotatable bonds is 12. The lowest BCUT2D eigenvalue weighted by atomic mass is 10.1. The molecule has 0 bridgehead atoms. The maximum atomic E-state index is 13.9. The lowest BCUT2D eigenvalue weighted by Gasteiger charge is -2.32. The van der Waals surface area contributed by atoms with Gasteiger partial charge < -0.3 is 15.0 Å². The van der Waals surface area contributed by atoms with E-state index in [9.17, 15) is 22.4 Å². The summed E-state index contributed by atoms with van der Waals surface area (Å²) < 4.78 is 47.4. The number of benzene rings is 3. The first-order valence-corrected chi connectivity index (χ1v) is 14.5. The molecular formula is C30H36FN3O5S. The van der Waals surface area contributed by atoms with E-state index < -0.39 is 34.3 Å². The van der Waals surface area contributed by atoms with Crippen LogP contribution in [0.1, 0.15) is 38.3 Å². The van der Waals surface area contributed by atoms with E-state index in [0.29, 0.717) is 12.2 Å². The third-order valence-electron chi connectivity index (χ3n) is 6.68. The fourth-order valence-electron chi connectivity index (χ4n) is 3.95. The Morgan fingerprint density at radius 1 is 0.950 bits per heavy atom. The Bertz CT molecular complexity index is 1390. The number of amides is 2. The van der Waals surface area contributed by atoms with E-state index in [4.69, 9.17) is 4.74 Å². The molecular weight excluding hydrogens is 533 g/mol. The molecule has 0 radical (unpaired) electrons. The molecule has 0 heterocycles. The van der Waals surface area contributed by atoms with Gasteiger partial charge in [0.2, 0.25) is 11.8 Å². The van der Waals surface area contributed by atoms with E-state index in [1.165, 1.54) is 48.4 Å². The predicted octanol–water partition coefficient (Wildman–Crippen LogP) is 4.67. The van der Waals surface area contributed by atoms with Crippen LogP contribution in [0.3, 0.4) is 0 Å². The summed E-state index contributed by atoms with van der Waals surface area (Å²) in [4.78, 5) is 28.3. The highest BCUT2D eigenvalue weighted by Crippen LogP contribution is 2.26. The van der Waals surface area contributed by atoms with Gasteiger partial charge in [0.15, 0.2) is 0 Å². The molecule has 0 saturated heterocycles. The quantitative estimate of drug-likeness (QED) is 0.342. The summed E-state index contributed by atoms with van der Waals surface area (Å²) in [5.41, 5.74) is 1.93. The highest BCUT2D eigenvalue weighted by molar-refractivity contribution is 7.92. The van der Waals surface area contributed by atoms with Crippen LogP contribution >= 0.6 is 0 Å². The highest BCUT2D eigenvalue weighted by Gasteiger charge is 2.32. The molecule has 0 aliphatic carbocycles. The van der Waals surface area contributed by atoms with Crippen molar-refractivity contribution in [2.75, 3.05) is 18.0 Å². The number of hydrogen-bond donors (Lipinski definition) is 1. The summed E-state index contributed by atoms with van der Waals surface area (Å²) in [6, 6.07) is 17.2. The van der Waals surface area contributed by atoms with Crippen molar-refractivity contribution in [3.05, 3.63) is 89.7 Å². The minimum Gasteiger partial charge on any atom is -0.497 e. The Morgan fingerprint density at radius 2 is 1.55 bits per heavy atom. The molecule has 3 aromatic carbocycles. The number of nitrogens with zero attached hydrogens (tertiary/aromatic N) is 2. The maximum absolute atomic E-state index is 13.9. The van der Waals surface area contributed by atoms with Gasteiger partial charge in [0, 0.05) is 12.6 Å². The van der Waals surface area contributed by atoms with E-state index in [1.54, 1.807) is 6.92 Å². The van der Waals surface area contributed by atoms with Crippen LogP contribution in [0.4, 0.5) is 10.1 Å². The second-order valence-corrected chi connectivity index (χ2v) is 11.5. The third-order valence-corrected chi connectivity index (χ3v) is 8.47. The van der Waals surface area contributed by atoms with Gasteiger partial charge in [-0.1, -0.05) is 36.8 Å². The number of ether oxygens (including phenoxy) is 1. The highest BCUT2D eigenvalue weighted by atomic mass is 32.2. The van der Waals surface area contributed by atoms with Crippen molar-refractivity contribution in [2.45, 2.75) is 57.6 Å². The molecule has 214 valence electrons. The van der Waals surface area contributed by atoms with E-state index in [0.717, 1.165) is 27.6 Å². The van der Waals surface area contributed by atoms with E-state index >= 15 is 0 Å². The largest absolute Gasteiger partial charge is 0.497 e. The van der Waals surface area contributed by atoms with Crippen LogP contribution in [-0.4, -0.2) is 50.9 Å². The summed E-state index contributed by atoms with van der Waals surface area (Å²) in [6.45, 7) is 6.86. The van der Waals surface area contributed by atoms with E-state index in [2.05, 4.69) is 5.32 Å². The van der Waals surface area contributed by atoms with Crippen LogP contribution in [0.2, 0.25) is 0 Å². The van der Waals surface area contributed by atoms with Gasteiger partial charge in [-0.3, -0.25) is 13.9 Å². The summed E-state index contributed by atoms with van der Waals surface area (Å²) in [7, 11) is -2.79. The van der Waals surface area contributed by atoms with Crippen LogP contribution < -0.4 is 14.4 Å². The van der Waals surface area contributed by atoms with Crippen molar-refractivity contribution in [3.8, 4) is 5.75 Å². The first-order chi connectivity index (χ1) is 19.0. The third kappa shape index (κ3) is 7.59. The standard InChI is InChI=1S/C30H36FN3O5S/c1-6-22(3)32-30(36)23(4)33(19-24-9-7-21(2)8-10-24)29(35)20-34(26-13-11-25(31)12-14-26)40(37,38)28-17-15-27(39-5)16-18-28/h7-18,22-23H,6,19-20H2,1-5H3,(H,32,36)/t22-,23-/m0/s1. The molecule has 2 amide bonds. The topological polar surface area (TPSA) is 96.0 Å². The van der Waals surface area contributed by atoms with Crippen LogP contribution in [0, 0.1) is 12.7 Å². The molecule has 2 atom stereocenters. The van der Waals surface area contributed by atoms with Gasteiger partial charge in [0.25, 0.3) is 10.0 Å². The van der Waals surface area contributed by atoms with E-state index in [-0.39, 0.29) is 29.1 Å². The van der Waals surface area contributed by atoms with Crippen molar-refractivity contribution in [3.63, 3.8) is 0 Å². The SMILES string of the molecule is CC[C@H](C)NC(=O)[C@H](C)N(Cc1ccc(C)cc1)C(=O)CN(c1ccc(F)cc1)S(=O)(=O)c1ccc(OC)cc1. The molecule has 8 nitrogen and oxygen atoms in total. The van der Waals surface area contributed by atoms with Crippen LogP contribution in [-0.2, 0) is 26.2 Å². The van der Waals surface area contributed by atoms with Crippen LogP contribution in [0.15, 0.2) is 77.7 Å². The Kier molecular flexibility index (Phi) is 10.3. The molecule has 0 saturated carbocycles. The summed E-state index contributed by atoms with van der Waals surface area (Å²) in [6.07, 6.45) is 0.711. The van der Waals surface area contributed by atoms with E-state index in [1.807, 2.05) is 45.0 Å². The van der Waals surface area contributed by atoms with Gasteiger partial charge in [-0.05, 0) is 81.3 Å². The lowest BCUT2D eigenvalue weighted by molar-refractivity contribution is -0.139. The lowest BCUT2D eigenvalue weighted by Crippen LogP contribution is -2.52. The minimum atomic E-state index is -4.26. The zero-order valence-corrected chi connectivity index (χ0v) is 24.2. The molecule has 1 N–H and O–H groups in total. The number of carbonyl (C=O) groups excluding carboxylic acids is 2. The minimum absolute atomic E-state index is 0.0712. The molecule has 0 spiro atoms. The molecule has 0 aliphatic rings. The Labute approximate surface area is 235 Å². The Hall–Kier alpha value is -3.92. The summed E-state index contributed by atoms with van der Waals surface area (Å²) in [5.74, 6) is -1.02. The van der Waals surface area contributed by atoms with Crippen LogP contribution in [0.25, 0.3) is 0 Å². The zero-order chi connectivity index (χ0) is 29.4. The van der Waals surface area contributed by atoms with Crippen molar-refractivity contribution in [1.82, 2.24) is 10.2 Å². The number of anilines is 1. The fraction of sp³-hybridized carbons (Fsp3) is 0.333.